The Labute approximate surface area is 46.2 Å². The molecule has 1 aromatic heterocycles. The van der Waals surface area contributed by atoms with Gasteiger partial charge in [0.1, 0.15) is 5.76 Å². The fourth-order valence-electron chi connectivity index (χ4n) is 0.479. The van der Waals surface area contributed by atoms with Gasteiger partial charge >= 0.3 is 0 Å². The highest BCUT2D eigenvalue weighted by molar-refractivity contribution is 4.96. The van der Waals surface area contributed by atoms with Crippen molar-refractivity contribution in [3.63, 3.8) is 0 Å². The average molecular weight is 115 g/mol. The Morgan fingerprint density at radius 2 is 2.62 bits per heavy atom. The minimum atomic E-state index is 0.146. The molecule has 0 unspecified atom stereocenters. The number of hydrogen-bond donors (Lipinski definition) is 1. The van der Waals surface area contributed by atoms with E-state index in [4.69, 9.17) is 4.42 Å². The highest BCUT2D eigenvalue weighted by Gasteiger charge is 1.89. The number of halogens is 1. The van der Waals surface area contributed by atoms with Crippen molar-refractivity contribution in [1.29, 1.82) is 0 Å². The van der Waals surface area contributed by atoms with E-state index in [1.165, 1.54) is 11.8 Å². The van der Waals surface area contributed by atoms with Gasteiger partial charge in [-0.1, -0.05) is 0 Å². The van der Waals surface area contributed by atoms with E-state index in [1.807, 2.05) is 0 Å². The third-order valence-corrected chi connectivity index (χ3v) is 0.821. The first-order valence-corrected chi connectivity index (χ1v) is 2.29. The van der Waals surface area contributed by atoms with Crippen molar-refractivity contribution in [2.24, 2.45) is 0 Å². The maximum atomic E-state index is 11.2. The third-order valence-electron chi connectivity index (χ3n) is 0.821. The zero-order chi connectivity index (χ0) is 5.82. The summed E-state index contributed by atoms with van der Waals surface area (Å²) in [6.45, 7) is 0.146. The van der Waals surface area contributed by atoms with Crippen molar-refractivity contribution in [2.45, 2.75) is 6.54 Å². The Balaban J connectivity index is 2.50. The molecule has 0 fully saturated rings. The Bertz CT molecular complexity index is 138. The number of furan rings is 1. The maximum absolute atomic E-state index is 11.2. The van der Waals surface area contributed by atoms with Gasteiger partial charge in [0.2, 0.25) is 0 Å². The molecule has 0 aliphatic heterocycles. The first kappa shape index (κ1) is 5.31. The standard InChI is InChI=1S/C5H6FNO/c6-7-4-5-2-1-3-8-5/h1-3,7H,4H2. The highest BCUT2D eigenvalue weighted by Crippen LogP contribution is 1.97. The summed E-state index contributed by atoms with van der Waals surface area (Å²) < 4.78 is 16.0. The predicted octanol–water partition coefficient (Wildman–Crippen LogP) is 1.25. The molecule has 0 bridgehead atoms. The van der Waals surface area contributed by atoms with Gasteiger partial charge in [0, 0.05) is 0 Å². The van der Waals surface area contributed by atoms with Crippen LogP contribution >= 0.6 is 0 Å². The molecule has 1 aromatic rings. The van der Waals surface area contributed by atoms with Crippen molar-refractivity contribution >= 4 is 0 Å². The van der Waals surface area contributed by atoms with Crippen molar-refractivity contribution < 1.29 is 8.90 Å². The molecule has 0 saturated heterocycles. The van der Waals surface area contributed by atoms with E-state index in [1.54, 1.807) is 12.1 Å². The zero-order valence-corrected chi connectivity index (χ0v) is 4.23. The van der Waals surface area contributed by atoms with Gasteiger partial charge in [-0.15, -0.1) is 4.48 Å². The van der Waals surface area contributed by atoms with E-state index in [9.17, 15) is 4.48 Å². The van der Waals surface area contributed by atoms with E-state index < -0.39 is 0 Å². The van der Waals surface area contributed by atoms with Crippen LogP contribution in [0.4, 0.5) is 4.48 Å². The molecular weight excluding hydrogens is 109 g/mol. The van der Waals surface area contributed by atoms with Crippen LogP contribution in [0, 0.1) is 0 Å². The van der Waals surface area contributed by atoms with Crippen LogP contribution < -0.4 is 5.54 Å². The molecular formula is C5H6FNO. The van der Waals surface area contributed by atoms with Crippen LogP contribution in [0.1, 0.15) is 5.76 Å². The summed E-state index contributed by atoms with van der Waals surface area (Å²) in [5.74, 6) is 0.604. The van der Waals surface area contributed by atoms with Gasteiger partial charge < -0.3 is 4.42 Å². The Morgan fingerprint density at radius 3 is 3.12 bits per heavy atom. The van der Waals surface area contributed by atoms with Gasteiger partial charge in [-0.25, -0.2) is 0 Å². The Kier molecular flexibility index (Phi) is 1.64. The van der Waals surface area contributed by atoms with Crippen LogP contribution in [0.25, 0.3) is 0 Å². The third kappa shape index (κ3) is 1.07. The molecule has 1 heterocycles. The lowest BCUT2D eigenvalue weighted by Gasteiger charge is -1.85. The molecule has 0 spiro atoms. The molecule has 0 aliphatic carbocycles. The summed E-state index contributed by atoms with van der Waals surface area (Å²) >= 11 is 0. The number of hydrogen-bond acceptors (Lipinski definition) is 2. The molecule has 3 heteroatoms. The van der Waals surface area contributed by atoms with E-state index in [0.29, 0.717) is 5.76 Å². The Morgan fingerprint density at radius 1 is 1.75 bits per heavy atom. The number of rotatable bonds is 2. The normalized spacial score (nSPS) is 9.62. The number of nitrogens with one attached hydrogen (secondary N) is 1. The largest absolute Gasteiger partial charge is 0.468 e. The maximum Gasteiger partial charge on any atom is 0.120 e. The quantitative estimate of drug-likeness (QED) is 0.587. The zero-order valence-electron chi connectivity index (χ0n) is 4.23. The Hall–Kier alpha value is -0.830. The summed E-state index contributed by atoms with van der Waals surface area (Å²) in [6.07, 6.45) is 1.51. The second kappa shape index (κ2) is 2.47. The second-order valence-electron chi connectivity index (χ2n) is 1.39. The minimum Gasteiger partial charge on any atom is -0.468 e. The van der Waals surface area contributed by atoms with Crippen molar-refractivity contribution in [2.75, 3.05) is 0 Å². The summed E-state index contributed by atoms with van der Waals surface area (Å²) in [5, 5.41) is 0. The molecule has 0 atom stereocenters. The van der Waals surface area contributed by atoms with Gasteiger partial charge in [-0.2, -0.15) is 5.54 Å². The summed E-state index contributed by atoms with van der Waals surface area (Å²) in [6, 6.07) is 3.42. The molecule has 0 aromatic carbocycles. The van der Waals surface area contributed by atoms with Crippen LogP contribution in [-0.2, 0) is 6.54 Å². The SMILES string of the molecule is FNCc1ccco1. The van der Waals surface area contributed by atoms with E-state index in [-0.39, 0.29) is 6.54 Å². The lowest BCUT2D eigenvalue weighted by molar-refractivity contribution is 0.308. The fourth-order valence-corrected chi connectivity index (χ4v) is 0.479. The van der Waals surface area contributed by atoms with Gasteiger partial charge in [0.25, 0.3) is 0 Å². The fraction of sp³-hybridized carbons (Fsp3) is 0.200. The smallest absolute Gasteiger partial charge is 0.120 e. The lowest BCUT2D eigenvalue weighted by Crippen LogP contribution is -1.96. The molecule has 8 heavy (non-hydrogen) atoms. The van der Waals surface area contributed by atoms with E-state index in [2.05, 4.69) is 0 Å². The molecule has 0 amide bonds. The summed E-state index contributed by atoms with van der Waals surface area (Å²) in [7, 11) is 0. The van der Waals surface area contributed by atoms with Gasteiger partial charge in [-0.05, 0) is 12.1 Å². The van der Waals surface area contributed by atoms with Crippen LogP contribution in [-0.4, -0.2) is 0 Å². The van der Waals surface area contributed by atoms with Crippen LogP contribution in [0.3, 0.4) is 0 Å². The molecule has 0 aliphatic rings. The predicted molar refractivity (Wildman–Crippen MR) is 26.7 cm³/mol. The molecule has 44 valence electrons. The lowest BCUT2D eigenvalue weighted by atomic mass is 10.5. The van der Waals surface area contributed by atoms with Crippen molar-refractivity contribution in [3.8, 4) is 0 Å². The topological polar surface area (TPSA) is 25.2 Å². The molecule has 1 N–H and O–H groups in total. The van der Waals surface area contributed by atoms with Crippen molar-refractivity contribution in [3.05, 3.63) is 24.2 Å². The highest BCUT2D eigenvalue weighted by atomic mass is 19.2. The van der Waals surface area contributed by atoms with E-state index >= 15 is 0 Å². The summed E-state index contributed by atoms with van der Waals surface area (Å²) in [5.41, 5.74) is 1.48. The molecule has 2 nitrogen and oxygen atoms in total. The van der Waals surface area contributed by atoms with Crippen LogP contribution in [0.15, 0.2) is 22.8 Å². The second-order valence-corrected chi connectivity index (χ2v) is 1.39. The molecule has 0 saturated carbocycles. The first-order chi connectivity index (χ1) is 3.93. The van der Waals surface area contributed by atoms with Gasteiger partial charge in [0.15, 0.2) is 0 Å². The van der Waals surface area contributed by atoms with Crippen LogP contribution in [0.2, 0.25) is 0 Å². The molecule has 1 rings (SSSR count). The summed E-state index contributed by atoms with van der Waals surface area (Å²) in [4.78, 5) is 0. The average Bonchev–Trinajstić information content (AvgIpc) is 2.19. The van der Waals surface area contributed by atoms with E-state index in [0.717, 1.165) is 0 Å². The van der Waals surface area contributed by atoms with Gasteiger partial charge in [-0.3, -0.25) is 0 Å². The van der Waals surface area contributed by atoms with Gasteiger partial charge in [0.05, 0.1) is 12.8 Å². The van der Waals surface area contributed by atoms with Crippen LogP contribution in [0.5, 0.6) is 0 Å². The minimum absolute atomic E-state index is 0.146. The monoisotopic (exact) mass is 115 g/mol. The molecule has 0 radical (unpaired) electrons. The first-order valence-electron chi connectivity index (χ1n) is 2.29. The van der Waals surface area contributed by atoms with Crippen molar-refractivity contribution in [1.82, 2.24) is 5.54 Å².